The fraction of sp³-hybridized carbons (Fsp3) is 0.538. The first-order valence-corrected chi connectivity index (χ1v) is 6.84. The van der Waals surface area contributed by atoms with Crippen LogP contribution < -0.4 is 4.90 Å². The van der Waals surface area contributed by atoms with Crippen LogP contribution in [0, 0.1) is 6.92 Å². The van der Waals surface area contributed by atoms with Crippen molar-refractivity contribution in [2.45, 2.75) is 26.2 Å². The molecule has 0 radical (unpaired) electrons. The monoisotopic (exact) mass is 267 g/mol. The summed E-state index contributed by atoms with van der Waals surface area (Å²) in [5.41, 5.74) is 4.38. The highest BCUT2D eigenvalue weighted by Gasteiger charge is 2.15. The smallest absolute Gasteiger partial charge is 0.0401 e. The van der Waals surface area contributed by atoms with Gasteiger partial charge in [0.05, 0.1) is 0 Å². The normalized spacial score (nSPS) is 15.2. The molecule has 0 unspecified atom stereocenters. The highest BCUT2D eigenvalue weighted by atomic mass is 79.9. The van der Waals surface area contributed by atoms with E-state index in [1.807, 2.05) is 0 Å². The minimum atomic E-state index is 1.10. The van der Waals surface area contributed by atoms with E-state index in [0.717, 1.165) is 5.33 Å². The Morgan fingerprint density at radius 2 is 2.27 bits per heavy atom. The van der Waals surface area contributed by atoms with Gasteiger partial charge in [-0.05, 0) is 43.4 Å². The van der Waals surface area contributed by atoms with Crippen LogP contribution in [0.4, 0.5) is 5.69 Å². The molecule has 1 aromatic carbocycles. The summed E-state index contributed by atoms with van der Waals surface area (Å²) >= 11 is 3.50. The van der Waals surface area contributed by atoms with Crippen molar-refractivity contribution in [3.63, 3.8) is 0 Å². The number of hydrogen-bond acceptors (Lipinski definition) is 1. The molecule has 0 fully saturated rings. The molecule has 0 amide bonds. The topological polar surface area (TPSA) is 3.24 Å². The fourth-order valence-electron chi connectivity index (χ4n) is 2.24. The average molecular weight is 268 g/mol. The minimum Gasteiger partial charge on any atom is -0.371 e. The van der Waals surface area contributed by atoms with Gasteiger partial charge in [-0.1, -0.05) is 28.1 Å². The first kappa shape index (κ1) is 11.0. The van der Waals surface area contributed by atoms with Crippen LogP contribution in [-0.2, 0) is 6.42 Å². The summed E-state index contributed by atoms with van der Waals surface area (Å²) in [6, 6.07) is 6.86. The molecule has 0 aromatic heterocycles. The van der Waals surface area contributed by atoms with Crippen LogP contribution in [0.5, 0.6) is 0 Å². The van der Waals surface area contributed by atoms with Crippen LogP contribution in [0.3, 0.4) is 0 Å². The second-order valence-electron chi connectivity index (χ2n) is 4.27. The SMILES string of the molecule is Cc1ccc2c(c1)N(CCCBr)CCC2. The largest absolute Gasteiger partial charge is 0.371 e. The molecule has 0 aliphatic carbocycles. The highest BCUT2D eigenvalue weighted by Crippen LogP contribution is 2.28. The number of aryl methyl sites for hydroxylation is 2. The molecule has 0 saturated carbocycles. The van der Waals surface area contributed by atoms with E-state index in [1.165, 1.54) is 49.2 Å². The summed E-state index contributed by atoms with van der Waals surface area (Å²) < 4.78 is 0. The van der Waals surface area contributed by atoms with Crippen LogP contribution in [0.25, 0.3) is 0 Å². The van der Waals surface area contributed by atoms with Gasteiger partial charge in [-0.15, -0.1) is 0 Å². The van der Waals surface area contributed by atoms with E-state index in [1.54, 1.807) is 0 Å². The van der Waals surface area contributed by atoms with Crippen LogP contribution >= 0.6 is 15.9 Å². The van der Waals surface area contributed by atoms with Gasteiger partial charge in [0.1, 0.15) is 0 Å². The maximum atomic E-state index is 3.50. The summed E-state index contributed by atoms with van der Waals surface area (Å²) in [5, 5.41) is 1.10. The third kappa shape index (κ3) is 2.54. The molecular weight excluding hydrogens is 250 g/mol. The van der Waals surface area contributed by atoms with Gasteiger partial charge < -0.3 is 4.90 Å². The van der Waals surface area contributed by atoms with E-state index in [-0.39, 0.29) is 0 Å². The Labute approximate surface area is 101 Å². The van der Waals surface area contributed by atoms with E-state index < -0.39 is 0 Å². The predicted molar refractivity (Wildman–Crippen MR) is 70.1 cm³/mol. The van der Waals surface area contributed by atoms with Crippen molar-refractivity contribution in [1.29, 1.82) is 0 Å². The van der Waals surface area contributed by atoms with Crippen molar-refractivity contribution in [1.82, 2.24) is 0 Å². The molecule has 15 heavy (non-hydrogen) atoms. The molecule has 82 valence electrons. The summed E-state index contributed by atoms with van der Waals surface area (Å²) in [5.74, 6) is 0. The molecule has 1 nitrogen and oxygen atoms in total. The lowest BCUT2D eigenvalue weighted by Gasteiger charge is -2.31. The molecule has 0 saturated heterocycles. The van der Waals surface area contributed by atoms with Crippen molar-refractivity contribution in [2.75, 3.05) is 23.3 Å². The molecular formula is C13H18BrN. The molecule has 1 heterocycles. The van der Waals surface area contributed by atoms with Crippen LogP contribution in [-0.4, -0.2) is 18.4 Å². The number of halogens is 1. The van der Waals surface area contributed by atoms with Gasteiger partial charge in [-0.2, -0.15) is 0 Å². The number of rotatable bonds is 3. The Bertz CT molecular complexity index is 335. The third-order valence-corrected chi connectivity index (χ3v) is 3.58. The van der Waals surface area contributed by atoms with Crippen LogP contribution in [0.2, 0.25) is 0 Å². The lowest BCUT2D eigenvalue weighted by molar-refractivity contribution is 0.683. The molecule has 0 N–H and O–H groups in total. The summed E-state index contributed by atoms with van der Waals surface area (Å²) in [4.78, 5) is 2.53. The fourth-order valence-corrected chi connectivity index (χ4v) is 2.49. The molecule has 1 aliphatic heterocycles. The number of anilines is 1. The first-order valence-electron chi connectivity index (χ1n) is 5.71. The van der Waals surface area contributed by atoms with Gasteiger partial charge in [0, 0.05) is 24.1 Å². The highest BCUT2D eigenvalue weighted by molar-refractivity contribution is 9.09. The molecule has 2 heteroatoms. The zero-order valence-electron chi connectivity index (χ0n) is 9.30. The zero-order valence-corrected chi connectivity index (χ0v) is 10.9. The molecule has 0 bridgehead atoms. The van der Waals surface area contributed by atoms with Crippen molar-refractivity contribution in [3.8, 4) is 0 Å². The maximum absolute atomic E-state index is 3.50. The van der Waals surface area contributed by atoms with E-state index in [4.69, 9.17) is 0 Å². The second kappa shape index (κ2) is 5.02. The summed E-state index contributed by atoms with van der Waals surface area (Å²) in [7, 11) is 0. The Hall–Kier alpha value is -0.500. The number of benzene rings is 1. The molecule has 2 rings (SSSR count). The van der Waals surface area contributed by atoms with Crippen molar-refractivity contribution >= 4 is 21.6 Å². The molecule has 0 spiro atoms. The first-order chi connectivity index (χ1) is 7.31. The van der Waals surface area contributed by atoms with E-state index >= 15 is 0 Å². The Morgan fingerprint density at radius 3 is 3.07 bits per heavy atom. The van der Waals surface area contributed by atoms with Gasteiger partial charge >= 0.3 is 0 Å². The van der Waals surface area contributed by atoms with Crippen LogP contribution in [0.1, 0.15) is 24.0 Å². The molecule has 1 aromatic rings. The predicted octanol–water partition coefficient (Wildman–Crippen LogP) is 3.53. The summed E-state index contributed by atoms with van der Waals surface area (Å²) in [6.07, 6.45) is 3.78. The quantitative estimate of drug-likeness (QED) is 0.758. The van der Waals surface area contributed by atoms with Crippen molar-refractivity contribution in [2.24, 2.45) is 0 Å². The van der Waals surface area contributed by atoms with Gasteiger partial charge in [-0.3, -0.25) is 0 Å². The molecule has 0 atom stereocenters. The number of alkyl halides is 1. The lowest BCUT2D eigenvalue weighted by atomic mass is 10.00. The van der Waals surface area contributed by atoms with Gasteiger partial charge in [0.15, 0.2) is 0 Å². The second-order valence-corrected chi connectivity index (χ2v) is 5.06. The van der Waals surface area contributed by atoms with Crippen molar-refractivity contribution < 1.29 is 0 Å². The minimum absolute atomic E-state index is 1.10. The van der Waals surface area contributed by atoms with E-state index in [2.05, 4.69) is 46.0 Å². The summed E-state index contributed by atoms with van der Waals surface area (Å²) in [6.45, 7) is 4.59. The molecule has 1 aliphatic rings. The zero-order chi connectivity index (χ0) is 10.7. The Balaban J connectivity index is 2.20. The van der Waals surface area contributed by atoms with Crippen molar-refractivity contribution in [3.05, 3.63) is 29.3 Å². The van der Waals surface area contributed by atoms with Gasteiger partial charge in [0.25, 0.3) is 0 Å². The van der Waals surface area contributed by atoms with E-state index in [0.29, 0.717) is 0 Å². The Kier molecular flexibility index (Phi) is 3.68. The Morgan fingerprint density at radius 1 is 1.40 bits per heavy atom. The number of nitrogens with zero attached hydrogens (tertiary/aromatic N) is 1. The maximum Gasteiger partial charge on any atom is 0.0401 e. The van der Waals surface area contributed by atoms with Gasteiger partial charge in [0.2, 0.25) is 0 Å². The lowest BCUT2D eigenvalue weighted by Crippen LogP contribution is -2.30. The standard InChI is InChI=1S/C13H18BrN/c1-11-5-6-12-4-2-8-15(9-3-7-14)13(12)10-11/h5-6,10H,2-4,7-9H2,1H3. The number of hydrogen-bond donors (Lipinski definition) is 0. The van der Waals surface area contributed by atoms with E-state index in [9.17, 15) is 0 Å². The van der Waals surface area contributed by atoms with Crippen LogP contribution in [0.15, 0.2) is 18.2 Å². The average Bonchev–Trinajstić information content (AvgIpc) is 2.26. The van der Waals surface area contributed by atoms with Gasteiger partial charge in [-0.25, -0.2) is 0 Å². The number of fused-ring (bicyclic) bond motifs is 1. The third-order valence-electron chi connectivity index (χ3n) is 3.02.